The Kier molecular flexibility index (Phi) is 4.23. The highest BCUT2D eigenvalue weighted by atomic mass is 16.6. The van der Waals surface area contributed by atoms with Gasteiger partial charge in [0.1, 0.15) is 6.10 Å². The number of esters is 1. The van der Waals surface area contributed by atoms with Gasteiger partial charge < -0.3 is 20.1 Å². The highest BCUT2D eigenvalue weighted by Gasteiger charge is 2.55. The Hall–Kier alpha value is -1.17. The van der Waals surface area contributed by atoms with Gasteiger partial charge in [-0.2, -0.15) is 0 Å². The van der Waals surface area contributed by atoms with Crippen LogP contribution in [0.2, 0.25) is 0 Å². The van der Waals surface area contributed by atoms with Crippen LogP contribution in [0.4, 0.5) is 0 Å². The van der Waals surface area contributed by atoms with Crippen LogP contribution in [-0.4, -0.2) is 46.2 Å². The summed E-state index contributed by atoms with van der Waals surface area (Å²) in [6, 6.07) is 0. The minimum absolute atomic E-state index is 0.0830. The van der Waals surface area contributed by atoms with E-state index in [2.05, 4.69) is 4.74 Å². The van der Waals surface area contributed by atoms with Gasteiger partial charge in [-0.15, -0.1) is 0 Å². The highest BCUT2D eigenvalue weighted by molar-refractivity contribution is 5.83. The summed E-state index contributed by atoms with van der Waals surface area (Å²) in [5, 5.41) is 28.8. The van der Waals surface area contributed by atoms with Crippen molar-refractivity contribution in [3.63, 3.8) is 0 Å². The minimum Gasteiger partial charge on any atom is -0.463 e. The van der Waals surface area contributed by atoms with Crippen molar-refractivity contribution in [1.82, 2.24) is 0 Å². The molecule has 1 rings (SSSR count). The molecule has 5 heteroatoms. The van der Waals surface area contributed by atoms with E-state index in [-0.39, 0.29) is 6.61 Å². The summed E-state index contributed by atoms with van der Waals surface area (Å²) in [5.74, 6) is -1.70. The number of carbonyl (C=O) groups excluding carboxylic acids is 1. The van der Waals surface area contributed by atoms with E-state index in [0.29, 0.717) is 0 Å². The number of allylic oxidation sites excluding steroid dienone is 3. The van der Waals surface area contributed by atoms with Gasteiger partial charge in [-0.05, 0) is 6.92 Å². The number of aliphatic hydroxyl groups is 3. The van der Waals surface area contributed by atoms with Crippen LogP contribution in [0.3, 0.4) is 0 Å². The van der Waals surface area contributed by atoms with Gasteiger partial charge in [0.15, 0.2) is 5.60 Å². The second kappa shape index (κ2) is 5.25. The SMILES string of the molecule is C/C=C/C=C/[C@H](O)[C@]1(O)C(=O)OC[C@@H]1CO. The van der Waals surface area contributed by atoms with Crippen molar-refractivity contribution in [2.24, 2.45) is 5.92 Å². The zero-order chi connectivity index (χ0) is 12.2. The minimum atomic E-state index is -2.05. The average Bonchev–Trinajstić information content (AvgIpc) is 2.57. The third-order valence-corrected chi connectivity index (χ3v) is 2.63. The number of aliphatic hydroxyl groups excluding tert-OH is 2. The molecule has 0 amide bonds. The zero-order valence-electron chi connectivity index (χ0n) is 9.04. The molecule has 3 N–H and O–H groups in total. The fourth-order valence-corrected chi connectivity index (χ4v) is 1.57. The molecule has 0 radical (unpaired) electrons. The van der Waals surface area contributed by atoms with E-state index in [4.69, 9.17) is 5.11 Å². The van der Waals surface area contributed by atoms with E-state index >= 15 is 0 Å². The van der Waals surface area contributed by atoms with Gasteiger partial charge in [-0.25, -0.2) is 4.79 Å². The van der Waals surface area contributed by atoms with Crippen LogP contribution in [-0.2, 0) is 9.53 Å². The Balaban J connectivity index is 2.85. The van der Waals surface area contributed by atoms with Crippen LogP contribution in [0.1, 0.15) is 6.92 Å². The zero-order valence-corrected chi connectivity index (χ0v) is 9.04. The van der Waals surface area contributed by atoms with Crippen LogP contribution in [0.25, 0.3) is 0 Å². The normalized spacial score (nSPS) is 32.5. The molecule has 0 aromatic heterocycles. The van der Waals surface area contributed by atoms with Crippen molar-refractivity contribution in [1.29, 1.82) is 0 Å². The highest BCUT2D eigenvalue weighted by Crippen LogP contribution is 2.30. The van der Waals surface area contributed by atoms with Crippen LogP contribution in [0, 0.1) is 5.92 Å². The standard InChI is InChI=1S/C11H16O5/c1-2-3-4-5-9(13)11(15)8(6-12)7-16-10(11)14/h2-5,8-9,12-13,15H,6-7H2,1H3/b3-2+,5-4+/t8-,9-,11-/m0/s1. The fourth-order valence-electron chi connectivity index (χ4n) is 1.57. The molecule has 1 fully saturated rings. The molecule has 0 aromatic carbocycles. The first-order valence-electron chi connectivity index (χ1n) is 5.05. The lowest BCUT2D eigenvalue weighted by Gasteiger charge is -2.27. The lowest BCUT2D eigenvalue weighted by Crippen LogP contribution is -2.51. The second-order valence-corrected chi connectivity index (χ2v) is 3.66. The number of ether oxygens (including phenoxy) is 1. The molecule has 1 aliphatic heterocycles. The van der Waals surface area contributed by atoms with Crippen molar-refractivity contribution >= 4 is 5.97 Å². The second-order valence-electron chi connectivity index (χ2n) is 3.66. The Bertz CT molecular complexity index is 309. The molecule has 90 valence electrons. The van der Waals surface area contributed by atoms with Crippen molar-refractivity contribution < 1.29 is 24.9 Å². The third-order valence-electron chi connectivity index (χ3n) is 2.63. The van der Waals surface area contributed by atoms with E-state index in [1.165, 1.54) is 12.2 Å². The smallest absolute Gasteiger partial charge is 0.341 e. The summed E-state index contributed by atoms with van der Waals surface area (Å²) in [6.07, 6.45) is 4.80. The molecule has 0 unspecified atom stereocenters. The fraction of sp³-hybridized carbons (Fsp3) is 0.545. The van der Waals surface area contributed by atoms with Gasteiger partial charge in [-0.3, -0.25) is 0 Å². The summed E-state index contributed by atoms with van der Waals surface area (Å²) < 4.78 is 4.64. The molecule has 3 atom stereocenters. The predicted octanol–water partition coefficient (Wildman–Crippen LogP) is -0.624. The van der Waals surface area contributed by atoms with E-state index in [1.54, 1.807) is 19.1 Å². The van der Waals surface area contributed by atoms with Crippen molar-refractivity contribution in [2.45, 2.75) is 18.6 Å². The lowest BCUT2D eigenvalue weighted by molar-refractivity contribution is -0.163. The number of rotatable bonds is 4. The molecule has 0 aliphatic carbocycles. The molecule has 0 aromatic rings. The Morgan fingerprint density at radius 2 is 2.31 bits per heavy atom. The van der Waals surface area contributed by atoms with Crippen LogP contribution in [0.5, 0.6) is 0 Å². The average molecular weight is 228 g/mol. The molecule has 0 saturated carbocycles. The monoisotopic (exact) mass is 228 g/mol. The lowest BCUT2D eigenvalue weighted by atomic mass is 9.85. The maximum absolute atomic E-state index is 11.3. The maximum Gasteiger partial charge on any atom is 0.341 e. The van der Waals surface area contributed by atoms with Crippen LogP contribution in [0.15, 0.2) is 24.3 Å². The number of hydrogen-bond acceptors (Lipinski definition) is 5. The number of cyclic esters (lactones) is 1. The van der Waals surface area contributed by atoms with Crippen LogP contribution < -0.4 is 0 Å². The maximum atomic E-state index is 11.3. The van der Waals surface area contributed by atoms with Gasteiger partial charge in [-0.1, -0.05) is 24.3 Å². The molecular weight excluding hydrogens is 212 g/mol. The Morgan fingerprint density at radius 3 is 2.88 bits per heavy atom. The predicted molar refractivity (Wildman–Crippen MR) is 56.4 cm³/mol. The largest absolute Gasteiger partial charge is 0.463 e. The Labute approximate surface area is 93.7 Å². The third kappa shape index (κ3) is 2.16. The van der Waals surface area contributed by atoms with E-state index < -0.39 is 30.2 Å². The van der Waals surface area contributed by atoms with Gasteiger partial charge in [0.25, 0.3) is 0 Å². The topological polar surface area (TPSA) is 87.0 Å². The quantitative estimate of drug-likeness (QED) is 0.441. The summed E-state index contributed by atoms with van der Waals surface area (Å²) in [5.41, 5.74) is -2.05. The van der Waals surface area contributed by atoms with Gasteiger partial charge in [0.05, 0.1) is 19.1 Å². The van der Waals surface area contributed by atoms with Gasteiger partial charge in [0.2, 0.25) is 0 Å². The molecule has 1 saturated heterocycles. The van der Waals surface area contributed by atoms with E-state index in [1.807, 2.05) is 0 Å². The first-order valence-corrected chi connectivity index (χ1v) is 5.05. The summed E-state index contributed by atoms with van der Waals surface area (Å²) in [7, 11) is 0. The van der Waals surface area contributed by atoms with Crippen molar-refractivity contribution in [2.75, 3.05) is 13.2 Å². The van der Waals surface area contributed by atoms with Gasteiger partial charge >= 0.3 is 5.97 Å². The van der Waals surface area contributed by atoms with Gasteiger partial charge in [0, 0.05) is 0 Å². The molecule has 5 nitrogen and oxygen atoms in total. The molecule has 16 heavy (non-hydrogen) atoms. The summed E-state index contributed by atoms with van der Waals surface area (Å²) in [4.78, 5) is 11.3. The first kappa shape index (κ1) is 12.9. The number of hydrogen-bond donors (Lipinski definition) is 3. The van der Waals surface area contributed by atoms with E-state index in [0.717, 1.165) is 0 Å². The molecule has 0 bridgehead atoms. The molecule has 0 spiro atoms. The molecule has 1 aliphatic rings. The molecule has 1 heterocycles. The summed E-state index contributed by atoms with van der Waals surface area (Å²) in [6.45, 7) is 1.29. The Morgan fingerprint density at radius 1 is 1.62 bits per heavy atom. The van der Waals surface area contributed by atoms with Crippen LogP contribution >= 0.6 is 0 Å². The molecular formula is C11H16O5. The van der Waals surface area contributed by atoms with Crippen molar-refractivity contribution in [3.8, 4) is 0 Å². The number of carbonyl (C=O) groups is 1. The van der Waals surface area contributed by atoms with E-state index in [9.17, 15) is 15.0 Å². The van der Waals surface area contributed by atoms with Crippen molar-refractivity contribution in [3.05, 3.63) is 24.3 Å². The first-order chi connectivity index (χ1) is 7.57. The summed E-state index contributed by atoms with van der Waals surface area (Å²) >= 11 is 0.